The summed E-state index contributed by atoms with van der Waals surface area (Å²) in [5, 5.41) is 3.00. The van der Waals surface area contributed by atoms with Gasteiger partial charge in [-0.15, -0.1) is 0 Å². The van der Waals surface area contributed by atoms with Crippen molar-refractivity contribution in [3.63, 3.8) is 0 Å². The molecule has 3 nitrogen and oxygen atoms in total. The zero-order chi connectivity index (χ0) is 15.5. The molecule has 0 aromatic heterocycles. The Kier molecular flexibility index (Phi) is 4.32. The Bertz CT molecular complexity index is 633. The lowest BCUT2D eigenvalue weighted by Crippen LogP contribution is -2.36. The molecule has 0 atom stereocenters. The summed E-state index contributed by atoms with van der Waals surface area (Å²) in [6.45, 7) is 6.73. The molecule has 0 saturated heterocycles. The van der Waals surface area contributed by atoms with Gasteiger partial charge < -0.3 is 11.1 Å². The number of benzene rings is 2. The highest BCUT2D eigenvalue weighted by molar-refractivity contribution is 5.94. The Morgan fingerprint density at radius 3 is 2.43 bits per heavy atom. The molecule has 0 heterocycles. The standard InChI is InChI=1S/C18H22N2O/c1-13-11-14(9-10-16(13)19)17(21)20-12-18(2,3)15-7-5-4-6-8-15/h4-11H,12,19H2,1-3H3,(H,20,21). The Labute approximate surface area is 126 Å². The number of carbonyl (C=O) groups is 1. The number of carbonyl (C=O) groups excluding carboxylic acids is 1. The van der Waals surface area contributed by atoms with Crippen LogP contribution in [0.5, 0.6) is 0 Å². The van der Waals surface area contributed by atoms with Gasteiger partial charge in [-0.25, -0.2) is 0 Å². The molecule has 2 aromatic carbocycles. The number of hydrogen-bond donors (Lipinski definition) is 2. The first-order chi connectivity index (χ1) is 9.90. The molecule has 110 valence electrons. The molecule has 0 bridgehead atoms. The predicted molar refractivity (Wildman–Crippen MR) is 87.4 cm³/mol. The molecule has 0 aliphatic carbocycles. The molecule has 0 aliphatic heterocycles. The number of nitrogens with one attached hydrogen (secondary N) is 1. The summed E-state index contributed by atoms with van der Waals surface area (Å²) in [7, 11) is 0. The quantitative estimate of drug-likeness (QED) is 0.845. The van der Waals surface area contributed by atoms with E-state index < -0.39 is 0 Å². The second kappa shape index (κ2) is 6.00. The van der Waals surface area contributed by atoms with Crippen molar-refractivity contribution in [2.45, 2.75) is 26.2 Å². The topological polar surface area (TPSA) is 55.1 Å². The molecule has 0 aliphatic rings. The van der Waals surface area contributed by atoms with Gasteiger partial charge in [0.2, 0.25) is 0 Å². The smallest absolute Gasteiger partial charge is 0.251 e. The van der Waals surface area contributed by atoms with Crippen LogP contribution in [0.2, 0.25) is 0 Å². The Morgan fingerprint density at radius 1 is 1.14 bits per heavy atom. The van der Waals surface area contributed by atoms with Gasteiger partial charge in [-0.05, 0) is 36.2 Å². The van der Waals surface area contributed by atoms with Gasteiger partial charge in [0.1, 0.15) is 0 Å². The van der Waals surface area contributed by atoms with E-state index in [1.54, 1.807) is 12.1 Å². The van der Waals surface area contributed by atoms with E-state index in [1.165, 1.54) is 5.56 Å². The van der Waals surface area contributed by atoms with E-state index >= 15 is 0 Å². The molecule has 1 amide bonds. The Hall–Kier alpha value is -2.29. The van der Waals surface area contributed by atoms with Crippen molar-refractivity contribution < 1.29 is 4.79 Å². The maximum Gasteiger partial charge on any atom is 0.251 e. The van der Waals surface area contributed by atoms with Gasteiger partial charge in [0.25, 0.3) is 5.91 Å². The zero-order valence-corrected chi connectivity index (χ0v) is 12.8. The number of nitrogen functional groups attached to an aromatic ring is 1. The van der Waals surface area contributed by atoms with Crippen LogP contribution in [0.4, 0.5) is 5.69 Å². The first-order valence-corrected chi connectivity index (χ1v) is 7.10. The van der Waals surface area contributed by atoms with Gasteiger partial charge in [0, 0.05) is 23.2 Å². The molecule has 0 fully saturated rings. The second-order valence-electron chi connectivity index (χ2n) is 6.00. The van der Waals surface area contributed by atoms with E-state index in [0.29, 0.717) is 17.8 Å². The van der Waals surface area contributed by atoms with Crippen LogP contribution < -0.4 is 11.1 Å². The van der Waals surface area contributed by atoms with Crippen LogP contribution >= 0.6 is 0 Å². The average molecular weight is 282 g/mol. The largest absolute Gasteiger partial charge is 0.399 e. The summed E-state index contributed by atoms with van der Waals surface area (Å²) in [5.41, 5.74) is 9.14. The number of nitrogens with two attached hydrogens (primary N) is 1. The molecule has 0 saturated carbocycles. The lowest BCUT2D eigenvalue weighted by Gasteiger charge is -2.25. The van der Waals surface area contributed by atoms with Crippen molar-refractivity contribution in [3.8, 4) is 0 Å². The number of hydrogen-bond acceptors (Lipinski definition) is 2. The fraction of sp³-hybridized carbons (Fsp3) is 0.278. The van der Waals surface area contributed by atoms with Crippen molar-refractivity contribution in [1.29, 1.82) is 0 Å². The van der Waals surface area contributed by atoms with Crippen molar-refractivity contribution in [2.24, 2.45) is 0 Å². The van der Waals surface area contributed by atoms with E-state index in [2.05, 4.69) is 31.3 Å². The second-order valence-corrected chi connectivity index (χ2v) is 6.00. The summed E-state index contributed by atoms with van der Waals surface area (Å²) in [6, 6.07) is 15.5. The summed E-state index contributed by atoms with van der Waals surface area (Å²) in [6.07, 6.45) is 0. The molecule has 21 heavy (non-hydrogen) atoms. The van der Waals surface area contributed by atoms with Gasteiger partial charge in [-0.2, -0.15) is 0 Å². The fourth-order valence-electron chi connectivity index (χ4n) is 2.21. The monoisotopic (exact) mass is 282 g/mol. The minimum absolute atomic E-state index is 0.0675. The molecule has 3 N–H and O–H groups in total. The van der Waals surface area contributed by atoms with Crippen LogP contribution in [-0.4, -0.2) is 12.5 Å². The third-order valence-electron chi connectivity index (χ3n) is 3.78. The first-order valence-electron chi connectivity index (χ1n) is 7.10. The highest BCUT2D eigenvalue weighted by atomic mass is 16.1. The maximum atomic E-state index is 12.2. The minimum Gasteiger partial charge on any atom is -0.399 e. The SMILES string of the molecule is Cc1cc(C(=O)NCC(C)(C)c2ccccc2)ccc1N. The van der Waals surface area contributed by atoms with Crippen molar-refractivity contribution >= 4 is 11.6 Å². The zero-order valence-electron chi connectivity index (χ0n) is 12.8. The van der Waals surface area contributed by atoms with Gasteiger partial charge in [-0.3, -0.25) is 4.79 Å². The van der Waals surface area contributed by atoms with E-state index in [-0.39, 0.29) is 11.3 Å². The molecule has 0 spiro atoms. The highest BCUT2D eigenvalue weighted by Crippen LogP contribution is 2.22. The maximum absolute atomic E-state index is 12.2. The molecule has 2 rings (SSSR count). The van der Waals surface area contributed by atoms with Gasteiger partial charge >= 0.3 is 0 Å². The van der Waals surface area contributed by atoms with Crippen molar-refractivity contribution in [2.75, 3.05) is 12.3 Å². The molecule has 3 heteroatoms. The van der Waals surface area contributed by atoms with E-state index in [4.69, 9.17) is 5.73 Å². The van der Waals surface area contributed by atoms with E-state index in [0.717, 1.165) is 5.56 Å². The predicted octanol–water partition coefficient (Wildman–Crippen LogP) is 3.28. The van der Waals surface area contributed by atoms with Crippen molar-refractivity contribution in [1.82, 2.24) is 5.32 Å². The molecular weight excluding hydrogens is 260 g/mol. The van der Waals surface area contributed by atoms with Crippen molar-refractivity contribution in [3.05, 3.63) is 65.2 Å². The minimum atomic E-state index is -0.111. The molecule has 2 aromatic rings. The fourth-order valence-corrected chi connectivity index (χ4v) is 2.21. The third-order valence-corrected chi connectivity index (χ3v) is 3.78. The van der Waals surface area contributed by atoms with Gasteiger partial charge in [-0.1, -0.05) is 44.2 Å². The van der Waals surface area contributed by atoms with E-state index in [1.807, 2.05) is 31.2 Å². The lowest BCUT2D eigenvalue weighted by molar-refractivity contribution is 0.0945. The van der Waals surface area contributed by atoms with Gasteiger partial charge in [0.15, 0.2) is 0 Å². The van der Waals surface area contributed by atoms with Crippen LogP contribution in [-0.2, 0) is 5.41 Å². The molecule has 0 unspecified atom stereocenters. The Balaban J connectivity index is 2.05. The van der Waals surface area contributed by atoms with E-state index in [9.17, 15) is 4.79 Å². The highest BCUT2D eigenvalue weighted by Gasteiger charge is 2.21. The van der Waals surface area contributed by atoms with Crippen LogP contribution in [0.15, 0.2) is 48.5 Å². The van der Waals surface area contributed by atoms with Gasteiger partial charge in [0.05, 0.1) is 0 Å². The first kappa shape index (κ1) is 15.1. The van der Waals surface area contributed by atoms with Crippen LogP contribution in [0.3, 0.4) is 0 Å². The summed E-state index contributed by atoms with van der Waals surface area (Å²) in [4.78, 5) is 12.2. The lowest BCUT2D eigenvalue weighted by atomic mass is 9.84. The normalized spacial score (nSPS) is 11.2. The number of rotatable bonds is 4. The molecule has 0 radical (unpaired) electrons. The summed E-state index contributed by atoms with van der Waals surface area (Å²) in [5.74, 6) is -0.0675. The van der Waals surface area contributed by atoms with Crippen LogP contribution in [0, 0.1) is 6.92 Å². The Morgan fingerprint density at radius 2 is 1.81 bits per heavy atom. The number of anilines is 1. The van der Waals surface area contributed by atoms with Crippen LogP contribution in [0.25, 0.3) is 0 Å². The van der Waals surface area contributed by atoms with Crippen LogP contribution in [0.1, 0.15) is 35.3 Å². The third kappa shape index (κ3) is 3.63. The summed E-state index contributed by atoms with van der Waals surface area (Å²) < 4.78 is 0. The summed E-state index contributed by atoms with van der Waals surface area (Å²) >= 11 is 0. The molecular formula is C18H22N2O. The average Bonchev–Trinajstić information content (AvgIpc) is 2.48. The number of aryl methyl sites for hydroxylation is 1. The number of amides is 1.